The van der Waals surface area contributed by atoms with Crippen LogP contribution in [0.5, 0.6) is 0 Å². The smallest absolute Gasteiger partial charge is 0.376 e. The third-order valence-corrected chi connectivity index (χ3v) is 3.96. The van der Waals surface area contributed by atoms with Gasteiger partial charge in [0.05, 0.1) is 18.9 Å². The van der Waals surface area contributed by atoms with Gasteiger partial charge in [0.25, 0.3) is 5.91 Å². The van der Waals surface area contributed by atoms with Gasteiger partial charge in [-0.1, -0.05) is 6.07 Å². The van der Waals surface area contributed by atoms with Gasteiger partial charge in [0.15, 0.2) is 5.69 Å². The Bertz CT molecular complexity index is 850. The van der Waals surface area contributed by atoms with E-state index in [1.54, 1.807) is 0 Å². The molecule has 2 heterocycles. The molecule has 10 heteroatoms. The molecule has 1 aromatic carbocycles. The van der Waals surface area contributed by atoms with Crippen molar-refractivity contribution in [3.05, 3.63) is 58.2 Å². The monoisotopic (exact) mass is 387 g/mol. The predicted octanol–water partition coefficient (Wildman–Crippen LogP) is 2.82. The summed E-state index contributed by atoms with van der Waals surface area (Å²) in [6, 6.07) is 2.98. The molecule has 0 bridgehead atoms. The first-order chi connectivity index (χ1) is 12.8. The van der Waals surface area contributed by atoms with E-state index in [1.807, 2.05) is 0 Å². The normalized spacial score (nSPS) is 14.0. The van der Waals surface area contributed by atoms with Gasteiger partial charge in [-0.15, -0.1) is 0 Å². The minimum absolute atomic E-state index is 0.0880. The zero-order chi connectivity index (χ0) is 19.6. The Balaban J connectivity index is 1.74. The van der Waals surface area contributed by atoms with E-state index in [0.717, 1.165) is 18.2 Å². The highest BCUT2D eigenvalue weighted by molar-refractivity contribution is 5.94. The van der Waals surface area contributed by atoms with E-state index in [0.29, 0.717) is 0 Å². The molecule has 0 aliphatic carbocycles. The summed E-state index contributed by atoms with van der Waals surface area (Å²) < 4.78 is 71.8. The summed E-state index contributed by atoms with van der Waals surface area (Å²) in [7, 11) is 0. The maximum absolute atomic E-state index is 13.6. The lowest BCUT2D eigenvalue weighted by Crippen LogP contribution is -2.29. The number of nitrogens with one attached hydrogen (secondary N) is 1. The molecule has 0 saturated heterocycles. The van der Waals surface area contributed by atoms with Crippen LogP contribution in [0.1, 0.15) is 33.1 Å². The summed E-state index contributed by atoms with van der Waals surface area (Å²) in [6.07, 6.45) is -4.57. The van der Waals surface area contributed by atoms with Gasteiger partial charge in [0, 0.05) is 24.9 Å². The number of ether oxygens (including phenoxy) is 1. The van der Waals surface area contributed by atoms with Gasteiger partial charge in [-0.05, 0) is 12.1 Å². The van der Waals surface area contributed by atoms with Crippen molar-refractivity contribution in [1.82, 2.24) is 15.3 Å². The summed E-state index contributed by atoms with van der Waals surface area (Å²) in [5.41, 5.74) is -1.65. The first-order valence-electron chi connectivity index (χ1n) is 8.03. The van der Waals surface area contributed by atoms with Crippen LogP contribution >= 0.6 is 0 Å². The molecular weight excluding hydrogens is 373 g/mol. The molecule has 2 aromatic rings. The molecule has 0 unspecified atom stereocenters. The SMILES string of the molecule is O=C(NCCc1nc2c(c(C(F)(F)F)n1)COCC2)c1c(F)cccc1F. The van der Waals surface area contributed by atoms with Crippen molar-refractivity contribution in [2.24, 2.45) is 0 Å². The average molecular weight is 387 g/mol. The molecule has 1 aliphatic heterocycles. The highest BCUT2D eigenvalue weighted by atomic mass is 19.4. The molecule has 0 spiro atoms. The largest absolute Gasteiger partial charge is 0.433 e. The average Bonchev–Trinajstić information content (AvgIpc) is 2.60. The number of rotatable bonds is 4. The number of hydrogen-bond acceptors (Lipinski definition) is 4. The number of halogens is 5. The third-order valence-electron chi connectivity index (χ3n) is 3.96. The Morgan fingerprint density at radius 2 is 1.89 bits per heavy atom. The van der Waals surface area contributed by atoms with E-state index in [1.165, 1.54) is 0 Å². The second-order valence-electron chi connectivity index (χ2n) is 5.82. The van der Waals surface area contributed by atoms with Crippen LogP contribution in [0, 0.1) is 11.6 Å². The fraction of sp³-hybridized carbons (Fsp3) is 0.353. The van der Waals surface area contributed by atoms with Crippen molar-refractivity contribution in [3.63, 3.8) is 0 Å². The summed E-state index contributed by atoms with van der Waals surface area (Å²) in [5.74, 6) is -3.18. The quantitative estimate of drug-likeness (QED) is 0.820. The highest BCUT2D eigenvalue weighted by Crippen LogP contribution is 2.33. The molecule has 144 valence electrons. The lowest BCUT2D eigenvalue weighted by Gasteiger charge is -2.20. The Morgan fingerprint density at radius 3 is 2.56 bits per heavy atom. The van der Waals surface area contributed by atoms with Crippen molar-refractivity contribution >= 4 is 5.91 Å². The molecule has 1 aliphatic rings. The molecule has 3 rings (SSSR count). The van der Waals surface area contributed by atoms with Crippen LogP contribution in [0.2, 0.25) is 0 Å². The number of nitrogens with zero attached hydrogens (tertiary/aromatic N) is 2. The van der Waals surface area contributed by atoms with Crippen molar-refractivity contribution in [1.29, 1.82) is 0 Å². The summed E-state index contributed by atoms with van der Waals surface area (Å²) in [6.45, 7) is -0.142. The van der Waals surface area contributed by atoms with Gasteiger partial charge in [-0.25, -0.2) is 18.7 Å². The van der Waals surface area contributed by atoms with Crippen molar-refractivity contribution in [2.45, 2.75) is 25.6 Å². The van der Waals surface area contributed by atoms with Gasteiger partial charge < -0.3 is 10.1 Å². The fourth-order valence-corrected chi connectivity index (χ4v) is 2.72. The zero-order valence-electron chi connectivity index (χ0n) is 13.9. The van der Waals surface area contributed by atoms with E-state index >= 15 is 0 Å². The Hall–Kier alpha value is -2.62. The number of carbonyl (C=O) groups excluding carboxylic acids is 1. The molecule has 1 aromatic heterocycles. The lowest BCUT2D eigenvalue weighted by molar-refractivity contribution is -0.143. The number of carbonyl (C=O) groups is 1. The molecule has 0 saturated carbocycles. The van der Waals surface area contributed by atoms with E-state index in [2.05, 4.69) is 15.3 Å². The Morgan fingerprint density at radius 1 is 1.19 bits per heavy atom. The van der Waals surface area contributed by atoms with Gasteiger partial charge in [-0.2, -0.15) is 13.2 Å². The van der Waals surface area contributed by atoms with Gasteiger partial charge in [0.2, 0.25) is 0 Å². The molecule has 1 N–H and O–H groups in total. The summed E-state index contributed by atoms with van der Waals surface area (Å²) in [4.78, 5) is 19.6. The first kappa shape index (κ1) is 19.2. The van der Waals surface area contributed by atoms with Crippen LogP contribution < -0.4 is 5.32 Å². The maximum Gasteiger partial charge on any atom is 0.433 e. The fourth-order valence-electron chi connectivity index (χ4n) is 2.72. The predicted molar refractivity (Wildman–Crippen MR) is 82.8 cm³/mol. The van der Waals surface area contributed by atoms with Crippen LogP contribution in [-0.2, 0) is 30.4 Å². The zero-order valence-corrected chi connectivity index (χ0v) is 13.9. The highest BCUT2D eigenvalue weighted by Gasteiger charge is 2.38. The number of alkyl halides is 3. The maximum atomic E-state index is 13.6. The van der Waals surface area contributed by atoms with Gasteiger partial charge in [-0.3, -0.25) is 4.79 Å². The van der Waals surface area contributed by atoms with Crippen LogP contribution in [0.4, 0.5) is 22.0 Å². The van der Waals surface area contributed by atoms with E-state index < -0.39 is 35.0 Å². The van der Waals surface area contributed by atoms with Crippen LogP contribution in [0.15, 0.2) is 18.2 Å². The van der Waals surface area contributed by atoms with E-state index in [-0.39, 0.29) is 49.7 Å². The minimum atomic E-state index is -4.66. The molecule has 5 nitrogen and oxygen atoms in total. The molecule has 1 amide bonds. The first-order valence-corrected chi connectivity index (χ1v) is 8.03. The number of fused-ring (bicyclic) bond motifs is 1. The molecule has 27 heavy (non-hydrogen) atoms. The Labute approximate surface area is 150 Å². The molecule has 0 atom stereocenters. The third kappa shape index (κ3) is 4.21. The second kappa shape index (κ2) is 7.55. The van der Waals surface area contributed by atoms with E-state index in [4.69, 9.17) is 4.74 Å². The minimum Gasteiger partial charge on any atom is -0.376 e. The standard InChI is InChI=1S/C17H14F5N3O2/c18-10-2-1-3-11(19)14(10)16(26)23-6-4-13-24-12-5-7-27-8-9(12)15(25-13)17(20,21)22/h1-3H,4-8H2,(H,23,26). The number of aromatic nitrogens is 2. The van der Waals surface area contributed by atoms with Gasteiger partial charge in [0.1, 0.15) is 23.0 Å². The topological polar surface area (TPSA) is 64.1 Å². The summed E-state index contributed by atoms with van der Waals surface area (Å²) in [5, 5.41) is 2.26. The molecule has 0 fully saturated rings. The van der Waals surface area contributed by atoms with E-state index in [9.17, 15) is 26.7 Å². The van der Waals surface area contributed by atoms with Crippen LogP contribution in [0.3, 0.4) is 0 Å². The van der Waals surface area contributed by atoms with Crippen molar-refractivity contribution < 1.29 is 31.5 Å². The van der Waals surface area contributed by atoms with Crippen molar-refractivity contribution in [3.8, 4) is 0 Å². The number of benzene rings is 1. The molecule has 0 radical (unpaired) electrons. The number of amides is 1. The van der Waals surface area contributed by atoms with Crippen LogP contribution in [0.25, 0.3) is 0 Å². The lowest BCUT2D eigenvalue weighted by atomic mass is 10.1. The Kier molecular flexibility index (Phi) is 5.36. The molecular formula is C17H14F5N3O2. The summed E-state index contributed by atoms with van der Waals surface area (Å²) >= 11 is 0. The van der Waals surface area contributed by atoms with Gasteiger partial charge >= 0.3 is 6.18 Å². The van der Waals surface area contributed by atoms with Crippen LogP contribution in [-0.4, -0.2) is 29.0 Å². The number of hydrogen-bond donors (Lipinski definition) is 1. The second-order valence-corrected chi connectivity index (χ2v) is 5.82. The van der Waals surface area contributed by atoms with Crippen molar-refractivity contribution in [2.75, 3.05) is 13.2 Å².